The quantitative estimate of drug-likeness (QED) is 0.361. The van der Waals surface area contributed by atoms with Gasteiger partial charge in [-0.1, -0.05) is 18.2 Å². The third-order valence-corrected chi connectivity index (χ3v) is 4.87. The fourth-order valence-corrected chi connectivity index (χ4v) is 3.34. The van der Waals surface area contributed by atoms with Gasteiger partial charge in [-0.2, -0.15) is 5.26 Å². The summed E-state index contributed by atoms with van der Waals surface area (Å²) in [6.07, 6.45) is -4.80. The zero-order valence-corrected chi connectivity index (χ0v) is 17.6. The van der Waals surface area contributed by atoms with E-state index in [4.69, 9.17) is 9.47 Å². The molecule has 0 aromatic heterocycles. The van der Waals surface area contributed by atoms with Crippen molar-refractivity contribution in [2.45, 2.75) is 13.0 Å². The SMILES string of the molecule is COc1ccc(-c2cccc(COc3ccc(OC(F)(F)F)cc3Br)c2C#N)c(F)c1. The highest BCUT2D eigenvalue weighted by molar-refractivity contribution is 9.10. The summed E-state index contributed by atoms with van der Waals surface area (Å²) in [5, 5.41) is 9.66. The zero-order chi connectivity index (χ0) is 22.6. The molecule has 9 heteroatoms. The van der Waals surface area contributed by atoms with Crippen molar-refractivity contribution in [3.05, 3.63) is 76.0 Å². The first-order valence-electron chi connectivity index (χ1n) is 8.76. The van der Waals surface area contributed by atoms with E-state index >= 15 is 0 Å². The van der Waals surface area contributed by atoms with Crippen LogP contribution in [0.3, 0.4) is 0 Å². The van der Waals surface area contributed by atoms with Crippen molar-refractivity contribution in [1.29, 1.82) is 5.26 Å². The third-order valence-electron chi connectivity index (χ3n) is 4.25. The number of halogens is 5. The molecule has 160 valence electrons. The van der Waals surface area contributed by atoms with Gasteiger partial charge in [0.25, 0.3) is 0 Å². The Kier molecular flexibility index (Phi) is 6.71. The number of hydrogen-bond acceptors (Lipinski definition) is 4. The van der Waals surface area contributed by atoms with Crippen molar-refractivity contribution >= 4 is 15.9 Å². The minimum Gasteiger partial charge on any atom is -0.497 e. The van der Waals surface area contributed by atoms with Gasteiger partial charge in [0.2, 0.25) is 0 Å². The van der Waals surface area contributed by atoms with Crippen LogP contribution in [0.4, 0.5) is 17.6 Å². The van der Waals surface area contributed by atoms with Crippen LogP contribution in [0.5, 0.6) is 17.2 Å². The van der Waals surface area contributed by atoms with Gasteiger partial charge in [0, 0.05) is 22.8 Å². The van der Waals surface area contributed by atoms with Crippen LogP contribution in [0.15, 0.2) is 59.1 Å². The molecule has 3 aromatic rings. The number of ether oxygens (including phenoxy) is 3. The van der Waals surface area contributed by atoms with E-state index < -0.39 is 17.9 Å². The number of rotatable bonds is 6. The standard InChI is InChI=1S/C22H14BrF4NO3/c1-29-14-5-7-17(20(24)10-14)16-4-2-3-13(18(16)11-28)12-30-21-8-6-15(9-19(21)23)31-22(25,26)27/h2-10H,12H2,1H3. The van der Waals surface area contributed by atoms with Crippen molar-refractivity contribution in [3.63, 3.8) is 0 Å². The molecule has 3 rings (SSSR count). The van der Waals surface area contributed by atoms with Gasteiger partial charge in [0.15, 0.2) is 0 Å². The van der Waals surface area contributed by atoms with Gasteiger partial charge in [0.1, 0.15) is 35.7 Å². The van der Waals surface area contributed by atoms with E-state index in [1.54, 1.807) is 24.3 Å². The second-order valence-electron chi connectivity index (χ2n) is 6.23. The van der Waals surface area contributed by atoms with Crippen molar-refractivity contribution in [1.82, 2.24) is 0 Å². The maximum absolute atomic E-state index is 14.5. The monoisotopic (exact) mass is 495 g/mol. The summed E-state index contributed by atoms with van der Waals surface area (Å²) < 4.78 is 66.3. The van der Waals surface area contributed by atoms with Crippen molar-refractivity contribution in [2.24, 2.45) is 0 Å². The number of benzene rings is 3. The first-order chi connectivity index (χ1) is 14.7. The third kappa shape index (κ3) is 5.47. The van der Waals surface area contributed by atoms with Gasteiger partial charge in [-0.25, -0.2) is 4.39 Å². The van der Waals surface area contributed by atoms with Crippen LogP contribution in [0, 0.1) is 17.1 Å². The molecule has 0 N–H and O–H groups in total. The summed E-state index contributed by atoms with van der Waals surface area (Å²) in [5.74, 6) is -0.347. The predicted molar refractivity (Wildman–Crippen MR) is 108 cm³/mol. The van der Waals surface area contributed by atoms with E-state index in [0.717, 1.165) is 12.1 Å². The second-order valence-corrected chi connectivity index (χ2v) is 7.08. The minimum absolute atomic E-state index is 0.0629. The topological polar surface area (TPSA) is 51.5 Å². The second kappa shape index (κ2) is 9.27. The van der Waals surface area contributed by atoms with E-state index in [9.17, 15) is 22.8 Å². The molecule has 3 aromatic carbocycles. The summed E-state index contributed by atoms with van der Waals surface area (Å²) in [6, 6.07) is 14.9. The highest BCUT2D eigenvalue weighted by Gasteiger charge is 2.31. The minimum atomic E-state index is -4.80. The summed E-state index contributed by atoms with van der Waals surface area (Å²) in [7, 11) is 1.42. The van der Waals surface area contributed by atoms with E-state index in [-0.39, 0.29) is 28.0 Å². The summed E-state index contributed by atoms with van der Waals surface area (Å²) >= 11 is 3.14. The Labute approximate surface area is 183 Å². The van der Waals surface area contributed by atoms with Crippen molar-refractivity contribution in [3.8, 4) is 34.4 Å². The first-order valence-corrected chi connectivity index (χ1v) is 9.55. The Balaban J connectivity index is 1.85. The average Bonchev–Trinajstić information content (AvgIpc) is 2.71. The molecule has 0 saturated heterocycles. The molecule has 0 aliphatic carbocycles. The molecule has 0 heterocycles. The predicted octanol–water partition coefficient (Wildman–Crippen LogP) is 6.61. The molecule has 0 amide bonds. The lowest BCUT2D eigenvalue weighted by atomic mass is 9.96. The Morgan fingerprint density at radius 3 is 2.35 bits per heavy atom. The van der Waals surface area contributed by atoms with Gasteiger partial charge in [0.05, 0.1) is 17.1 Å². The zero-order valence-electron chi connectivity index (χ0n) is 16.0. The lowest BCUT2D eigenvalue weighted by Crippen LogP contribution is -2.17. The van der Waals surface area contributed by atoms with Crippen LogP contribution in [-0.4, -0.2) is 13.5 Å². The molecule has 0 fully saturated rings. The maximum Gasteiger partial charge on any atom is 0.573 e. The number of methoxy groups -OCH3 is 1. The van der Waals surface area contributed by atoms with Gasteiger partial charge in [-0.3, -0.25) is 0 Å². The number of nitriles is 1. The molecule has 0 aliphatic heterocycles. The molecular weight excluding hydrogens is 482 g/mol. The van der Waals surface area contributed by atoms with Gasteiger partial charge in [-0.15, -0.1) is 13.2 Å². The Hall–Kier alpha value is -3.25. The molecule has 0 saturated carbocycles. The van der Waals surface area contributed by atoms with Gasteiger partial charge in [-0.05, 0) is 46.3 Å². The molecule has 0 aliphatic rings. The van der Waals surface area contributed by atoms with E-state index in [0.29, 0.717) is 16.9 Å². The van der Waals surface area contributed by atoms with Gasteiger partial charge >= 0.3 is 6.36 Å². The van der Waals surface area contributed by atoms with Crippen LogP contribution < -0.4 is 14.2 Å². The lowest BCUT2D eigenvalue weighted by molar-refractivity contribution is -0.274. The fraction of sp³-hybridized carbons (Fsp3) is 0.136. The normalized spacial score (nSPS) is 11.0. The van der Waals surface area contributed by atoms with Crippen molar-refractivity contribution < 1.29 is 31.8 Å². The van der Waals surface area contributed by atoms with E-state index in [1.165, 1.54) is 25.3 Å². The molecule has 0 spiro atoms. The average molecular weight is 496 g/mol. The number of nitrogens with zero attached hydrogens (tertiary/aromatic N) is 1. The van der Waals surface area contributed by atoms with Crippen LogP contribution in [-0.2, 0) is 6.61 Å². The van der Waals surface area contributed by atoms with E-state index in [1.807, 2.05) is 0 Å². The molecule has 0 radical (unpaired) electrons. The Morgan fingerprint density at radius 2 is 1.74 bits per heavy atom. The highest BCUT2D eigenvalue weighted by Crippen LogP contribution is 2.34. The lowest BCUT2D eigenvalue weighted by Gasteiger charge is -2.14. The molecule has 4 nitrogen and oxygen atoms in total. The molecular formula is C22H14BrF4NO3. The first kappa shape index (κ1) is 22.4. The van der Waals surface area contributed by atoms with Gasteiger partial charge < -0.3 is 14.2 Å². The number of hydrogen-bond donors (Lipinski definition) is 0. The Bertz CT molecular complexity index is 1140. The summed E-state index contributed by atoms with van der Waals surface area (Å²) in [6.45, 7) is -0.0629. The Morgan fingerprint density at radius 1 is 1.00 bits per heavy atom. The number of alkyl halides is 3. The largest absolute Gasteiger partial charge is 0.573 e. The van der Waals surface area contributed by atoms with Crippen LogP contribution in [0.2, 0.25) is 0 Å². The molecule has 0 atom stereocenters. The summed E-state index contributed by atoms with van der Waals surface area (Å²) in [4.78, 5) is 0. The van der Waals surface area contributed by atoms with E-state index in [2.05, 4.69) is 26.7 Å². The molecule has 31 heavy (non-hydrogen) atoms. The fourth-order valence-electron chi connectivity index (χ4n) is 2.87. The highest BCUT2D eigenvalue weighted by atomic mass is 79.9. The summed E-state index contributed by atoms with van der Waals surface area (Å²) in [5.41, 5.74) is 1.32. The molecule has 0 bridgehead atoms. The van der Waals surface area contributed by atoms with Crippen LogP contribution >= 0.6 is 15.9 Å². The smallest absolute Gasteiger partial charge is 0.497 e. The van der Waals surface area contributed by atoms with Crippen LogP contribution in [0.25, 0.3) is 11.1 Å². The maximum atomic E-state index is 14.5. The van der Waals surface area contributed by atoms with Crippen molar-refractivity contribution in [2.75, 3.05) is 7.11 Å². The molecule has 0 unspecified atom stereocenters. The van der Waals surface area contributed by atoms with Crippen LogP contribution in [0.1, 0.15) is 11.1 Å².